The van der Waals surface area contributed by atoms with Crippen LogP contribution in [-0.2, 0) is 0 Å². The maximum absolute atomic E-state index is 3.52. The van der Waals surface area contributed by atoms with Gasteiger partial charge in [-0.2, -0.15) is 0 Å². The van der Waals surface area contributed by atoms with Crippen LogP contribution in [0.25, 0.3) is 0 Å². The third-order valence-electron chi connectivity index (χ3n) is 4.07. The van der Waals surface area contributed by atoms with Crippen molar-refractivity contribution >= 4 is 0 Å². The summed E-state index contributed by atoms with van der Waals surface area (Å²) in [6, 6.07) is 1.91. The highest BCUT2D eigenvalue weighted by Crippen LogP contribution is 2.16. The number of nitrogens with zero attached hydrogens (tertiary/aromatic N) is 2. The van der Waals surface area contributed by atoms with E-state index in [9.17, 15) is 0 Å². The van der Waals surface area contributed by atoms with E-state index in [1.165, 1.54) is 25.9 Å². The van der Waals surface area contributed by atoms with Gasteiger partial charge < -0.3 is 10.2 Å². The van der Waals surface area contributed by atoms with Crippen molar-refractivity contribution in [3.05, 3.63) is 0 Å². The maximum Gasteiger partial charge on any atom is 0.0223 e. The highest BCUT2D eigenvalue weighted by molar-refractivity contribution is 4.84. The first kappa shape index (κ1) is 13.9. The third kappa shape index (κ3) is 3.72. The Bertz CT molecular complexity index is 196. The first-order valence-corrected chi connectivity index (χ1v) is 6.70. The molecule has 3 atom stereocenters. The van der Waals surface area contributed by atoms with Crippen LogP contribution in [0.4, 0.5) is 0 Å². The zero-order valence-electron chi connectivity index (χ0n) is 11.7. The van der Waals surface area contributed by atoms with Crippen LogP contribution in [0.2, 0.25) is 0 Å². The predicted octanol–water partition coefficient (Wildman–Crippen LogP) is 1.40. The number of likely N-dealkylation sites (tertiary alicyclic amines) is 1. The molecule has 0 radical (unpaired) electrons. The molecule has 0 aliphatic carbocycles. The molecule has 0 aromatic rings. The number of likely N-dealkylation sites (N-methyl/N-ethyl adjacent to an activating group) is 3. The molecule has 0 spiro atoms. The molecule has 3 unspecified atom stereocenters. The fraction of sp³-hybridized carbons (Fsp3) is 1.00. The summed E-state index contributed by atoms with van der Waals surface area (Å²) in [4.78, 5) is 5.01. The monoisotopic (exact) mass is 227 g/mol. The molecule has 1 rings (SSSR count). The van der Waals surface area contributed by atoms with Gasteiger partial charge in [0.05, 0.1) is 0 Å². The van der Waals surface area contributed by atoms with Crippen LogP contribution in [0.15, 0.2) is 0 Å². The molecule has 3 nitrogen and oxygen atoms in total. The van der Waals surface area contributed by atoms with E-state index in [1.807, 2.05) is 0 Å². The summed E-state index contributed by atoms with van der Waals surface area (Å²) in [6.45, 7) is 10.3. The van der Waals surface area contributed by atoms with Crippen LogP contribution in [0.1, 0.15) is 33.6 Å². The van der Waals surface area contributed by atoms with E-state index in [2.05, 4.69) is 50.0 Å². The van der Waals surface area contributed by atoms with Crippen molar-refractivity contribution in [1.82, 2.24) is 15.1 Å². The summed E-state index contributed by atoms with van der Waals surface area (Å²) in [5, 5.41) is 3.52. The van der Waals surface area contributed by atoms with Crippen LogP contribution in [-0.4, -0.2) is 61.7 Å². The molecule has 0 saturated carbocycles. The van der Waals surface area contributed by atoms with Crippen LogP contribution in [0.5, 0.6) is 0 Å². The van der Waals surface area contributed by atoms with Gasteiger partial charge in [0.2, 0.25) is 0 Å². The van der Waals surface area contributed by atoms with Gasteiger partial charge in [-0.25, -0.2) is 0 Å². The number of nitrogens with one attached hydrogen (secondary N) is 1. The van der Waals surface area contributed by atoms with Gasteiger partial charge in [0.1, 0.15) is 0 Å². The summed E-state index contributed by atoms with van der Waals surface area (Å²) in [5.41, 5.74) is 0. The molecule has 0 aromatic carbocycles. The minimum absolute atomic E-state index is 0.572. The second-order valence-corrected chi connectivity index (χ2v) is 5.31. The Balaban J connectivity index is 2.45. The summed E-state index contributed by atoms with van der Waals surface area (Å²) in [6.07, 6.45) is 2.69. The van der Waals surface area contributed by atoms with Gasteiger partial charge in [-0.15, -0.1) is 0 Å². The number of hydrogen-bond acceptors (Lipinski definition) is 3. The molecule has 1 N–H and O–H groups in total. The molecule has 1 aliphatic rings. The molecule has 1 heterocycles. The van der Waals surface area contributed by atoms with Crippen molar-refractivity contribution in [2.45, 2.75) is 51.7 Å². The molecule has 3 heteroatoms. The molecule has 1 fully saturated rings. The first-order chi connectivity index (χ1) is 7.56. The van der Waals surface area contributed by atoms with E-state index < -0.39 is 0 Å². The number of rotatable bonds is 5. The molecule has 0 bridgehead atoms. The van der Waals surface area contributed by atoms with E-state index in [4.69, 9.17) is 0 Å². The summed E-state index contributed by atoms with van der Waals surface area (Å²) in [7, 11) is 4.51. The minimum atomic E-state index is 0.572. The topological polar surface area (TPSA) is 18.5 Å². The Morgan fingerprint density at radius 3 is 2.69 bits per heavy atom. The Labute approximate surface area is 101 Å². The van der Waals surface area contributed by atoms with E-state index >= 15 is 0 Å². The number of hydrogen-bond donors (Lipinski definition) is 1. The van der Waals surface area contributed by atoms with E-state index in [1.54, 1.807) is 0 Å². The van der Waals surface area contributed by atoms with Crippen molar-refractivity contribution in [3.63, 3.8) is 0 Å². The van der Waals surface area contributed by atoms with Crippen molar-refractivity contribution in [1.29, 1.82) is 0 Å². The summed E-state index contributed by atoms with van der Waals surface area (Å²) < 4.78 is 0. The molecule has 96 valence electrons. The molecular weight excluding hydrogens is 198 g/mol. The normalized spacial score (nSPS) is 27.0. The molecule has 0 amide bonds. The van der Waals surface area contributed by atoms with Crippen LogP contribution < -0.4 is 5.32 Å². The second kappa shape index (κ2) is 6.58. The lowest BCUT2D eigenvalue weighted by Gasteiger charge is -2.41. The lowest BCUT2D eigenvalue weighted by Crippen LogP contribution is -2.53. The predicted molar refractivity (Wildman–Crippen MR) is 70.9 cm³/mol. The molecule has 0 aromatic heterocycles. The molecule has 16 heavy (non-hydrogen) atoms. The van der Waals surface area contributed by atoms with Gasteiger partial charge in [-0.05, 0) is 53.9 Å². The average molecular weight is 227 g/mol. The van der Waals surface area contributed by atoms with Gasteiger partial charge in [0.25, 0.3) is 0 Å². The SMILES string of the molecule is CCNC(C)C(C)N(C)C1CCCN(C)C1. The van der Waals surface area contributed by atoms with Gasteiger partial charge in [-0.3, -0.25) is 4.90 Å². The van der Waals surface area contributed by atoms with Crippen molar-refractivity contribution in [2.75, 3.05) is 33.7 Å². The van der Waals surface area contributed by atoms with Gasteiger partial charge in [-0.1, -0.05) is 6.92 Å². The summed E-state index contributed by atoms with van der Waals surface area (Å²) >= 11 is 0. The molecule has 1 saturated heterocycles. The Hall–Kier alpha value is -0.120. The van der Waals surface area contributed by atoms with Gasteiger partial charge >= 0.3 is 0 Å². The third-order valence-corrected chi connectivity index (χ3v) is 4.07. The standard InChI is InChI=1S/C13H29N3/c1-6-14-11(2)12(3)16(5)13-8-7-9-15(4)10-13/h11-14H,6-10H2,1-5H3. The van der Waals surface area contributed by atoms with Crippen molar-refractivity contribution in [3.8, 4) is 0 Å². The Morgan fingerprint density at radius 2 is 2.12 bits per heavy atom. The van der Waals surface area contributed by atoms with Crippen LogP contribution in [0.3, 0.4) is 0 Å². The quantitative estimate of drug-likeness (QED) is 0.766. The van der Waals surface area contributed by atoms with Crippen molar-refractivity contribution in [2.24, 2.45) is 0 Å². The van der Waals surface area contributed by atoms with E-state index in [-0.39, 0.29) is 0 Å². The highest BCUT2D eigenvalue weighted by Gasteiger charge is 2.26. The summed E-state index contributed by atoms with van der Waals surface area (Å²) in [5.74, 6) is 0. The van der Waals surface area contributed by atoms with Gasteiger partial charge in [0.15, 0.2) is 0 Å². The van der Waals surface area contributed by atoms with Crippen molar-refractivity contribution < 1.29 is 0 Å². The average Bonchev–Trinajstić information content (AvgIpc) is 2.27. The van der Waals surface area contributed by atoms with E-state index in [0.29, 0.717) is 12.1 Å². The second-order valence-electron chi connectivity index (χ2n) is 5.31. The van der Waals surface area contributed by atoms with Gasteiger partial charge in [0, 0.05) is 24.7 Å². The zero-order chi connectivity index (χ0) is 12.1. The Kier molecular flexibility index (Phi) is 5.73. The lowest BCUT2D eigenvalue weighted by molar-refractivity contribution is 0.0912. The Morgan fingerprint density at radius 1 is 1.44 bits per heavy atom. The molecule has 1 aliphatic heterocycles. The highest BCUT2D eigenvalue weighted by atomic mass is 15.2. The van der Waals surface area contributed by atoms with E-state index in [0.717, 1.165) is 12.6 Å². The van der Waals surface area contributed by atoms with Crippen LogP contribution >= 0.6 is 0 Å². The van der Waals surface area contributed by atoms with Crippen LogP contribution in [0, 0.1) is 0 Å². The molecular formula is C13H29N3. The smallest absolute Gasteiger partial charge is 0.0223 e. The first-order valence-electron chi connectivity index (χ1n) is 6.70. The zero-order valence-corrected chi connectivity index (χ0v) is 11.7. The fourth-order valence-corrected chi connectivity index (χ4v) is 2.65. The lowest BCUT2D eigenvalue weighted by atomic mass is 10.0. The number of piperidine rings is 1. The maximum atomic E-state index is 3.52. The fourth-order valence-electron chi connectivity index (χ4n) is 2.65. The minimum Gasteiger partial charge on any atom is -0.313 e. The largest absolute Gasteiger partial charge is 0.313 e.